The lowest BCUT2D eigenvalue weighted by molar-refractivity contribution is 0.768. The second-order valence-electron chi connectivity index (χ2n) is 18.4. The van der Waals surface area contributed by atoms with Crippen molar-refractivity contribution in [2.45, 2.75) is 5.41 Å². The van der Waals surface area contributed by atoms with Crippen LogP contribution in [0.3, 0.4) is 0 Å². The highest BCUT2D eigenvalue weighted by atomic mass is 32.1. The third-order valence-corrected chi connectivity index (χ3v) is 16.9. The van der Waals surface area contributed by atoms with Gasteiger partial charge in [-0.1, -0.05) is 188 Å². The number of rotatable bonds is 8. The van der Waals surface area contributed by atoms with Crippen molar-refractivity contribution < 1.29 is 0 Å². The Bertz CT molecular complexity index is 4050. The first-order valence-corrected chi connectivity index (χ1v) is 25.6. The molecule has 14 rings (SSSR count). The summed E-state index contributed by atoms with van der Waals surface area (Å²) in [5, 5.41) is 5.28. The van der Waals surface area contributed by atoms with Crippen molar-refractivity contribution in [2.75, 3.05) is 4.90 Å². The third kappa shape index (κ3) is 6.50. The maximum atomic E-state index is 2.42. The first-order valence-electron chi connectivity index (χ1n) is 24.0. The summed E-state index contributed by atoms with van der Waals surface area (Å²) < 4.78 is 5.30. The van der Waals surface area contributed by atoms with Crippen molar-refractivity contribution in [1.29, 1.82) is 0 Å². The quantitative estimate of drug-likeness (QED) is 0.147. The van der Waals surface area contributed by atoms with E-state index < -0.39 is 5.41 Å². The number of hydrogen-bond acceptors (Lipinski definition) is 3. The van der Waals surface area contributed by atoms with Gasteiger partial charge in [0.25, 0.3) is 0 Å². The van der Waals surface area contributed by atoms with Gasteiger partial charge in [-0.25, -0.2) is 0 Å². The predicted octanol–water partition coefficient (Wildman–Crippen LogP) is 19.3. The second-order valence-corrected chi connectivity index (χ2v) is 20.5. The van der Waals surface area contributed by atoms with E-state index in [1.54, 1.807) is 0 Å². The van der Waals surface area contributed by atoms with Crippen LogP contribution in [-0.2, 0) is 5.41 Å². The van der Waals surface area contributed by atoms with E-state index in [1.165, 1.54) is 107 Å². The van der Waals surface area contributed by atoms with Gasteiger partial charge in [0.1, 0.15) is 0 Å². The lowest BCUT2D eigenvalue weighted by Crippen LogP contribution is -2.28. The molecular formula is C67H43NS2. The average molecular weight is 926 g/mol. The zero-order valence-corrected chi connectivity index (χ0v) is 39.7. The normalized spacial score (nSPS) is 12.7. The molecule has 1 aliphatic carbocycles. The fourth-order valence-electron chi connectivity index (χ4n) is 11.3. The van der Waals surface area contributed by atoms with Crippen molar-refractivity contribution in [3.63, 3.8) is 0 Å². The molecule has 0 saturated carbocycles. The summed E-state index contributed by atoms with van der Waals surface area (Å²) >= 11 is 3.72. The highest BCUT2D eigenvalue weighted by molar-refractivity contribution is 7.26. The Hall–Kier alpha value is -8.34. The standard InChI is InChI=1S/C67H43NS2/c1-3-13-50(14-4-1)67(51-15-5-2-6-16-51)61-20-10-7-17-55(61)58-43-54(37-38-62(58)67)68(53-35-29-47(30-36-53)49-32-40-66-60(42-49)57-19-9-12-22-64(57)70-66)52-33-27-45(28-34-52)44-23-25-46(26-24-44)48-31-39-65-59(41-48)56-18-8-11-21-63(56)69-65/h1-43H. The molecule has 0 atom stereocenters. The number of anilines is 3. The molecule has 1 nitrogen and oxygen atoms in total. The van der Waals surface area contributed by atoms with Crippen molar-refractivity contribution in [1.82, 2.24) is 0 Å². The summed E-state index contributed by atoms with van der Waals surface area (Å²) in [7, 11) is 0. The Morgan fingerprint density at radius 1 is 0.257 bits per heavy atom. The van der Waals surface area contributed by atoms with Gasteiger partial charge >= 0.3 is 0 Å². The minimum atomic E-state index is -0.462. The van der Waals surface area contributed by atoms with Crippen LogP contribution in [0.15, 0.2) is 261 Å². The van der Waals surface area contributed by atoms with Crippen molar-refractivity contribution >= 4 is 80.1 Å². The van der Waals surface area contributed by atoms with E-state index in [0.29, 0.717) is 0 Å². The van der Waals surface area contributed by atoms with Crippen LogP contribution in [0, 0.1) is 0 Å². The van der Waals surface area contributed by atoms with Crippen molar-refractivity contribution in [3.05, 3.63) is 283 Å². The molecule has 2 aromatic heterocycles. The van der Waals surface area contributed by atoms with E-state index in [-0.39, 0.29) is 0 Å². The SMILES string of the molecule is c1ccc(C2(c3ccccc3)c3ccccc3-c3cc(N(c4ccc(-c5ccc(-c6ccc7sc8ccccc8c7c6)cc5)cc4)c4ccc(-c5ccc6sc7ccccc7c6c5)cc4)ccc32)cc1. The minimum absolute atomic E-state index is 0.462. The lowest BCUT2D eigenvalue weighted by Gasteiger charge is -2.34. The highest BCUT2D eigenvalue weighted by Crippen LogP contribution is 2.57. The molecule has 328 valence electrons. The molecule has 11 aromatic carbocycles. The maximum absolute atomic E-state index is 2.42. The summed E-state index contributed by atoms with van der Waals surface area (Å²) in [5.74, 6) is 0. The van der Waals surface area contributed by atoms with Crippen LogP contribution < -0.4 is 4.90 Å². The third-order valence-electron chi connectivity index (χ3n) is 14.6. The predicted molar refractivity (Wildman–Crippen MR) is 301 cm³/mol. The van der Waals surface area contributed by atoms with Gasteiger partial charge in [0.05, 0.1) is 5.41 Å². The van der Waals surface area contributed by atoms with Crippen molar-refractivity contribution in [2.24, 2.45) is 0 Å². The molecule has 0 unspecified atom stereocenters. The van der Waals surface area contributed by atoms with Gasteiger partial charge in [-0.05, 0) is 140 Å². The molecule has 70 heavy (non-hydrogen) atoms. The number of thiophene rings is 2. The molecule has 0 bridgehead atoms. The van der Waals surface area contributed by atoms with E-state index >= 15 is 0 Å². The van der Waals surface area contributed by atoms with Gasteiger partial charge in [0.2, 0.25) is 0 Å². The summed E-state index contributed by atoms with van der Waals surface area (Å²) in [5.41, 5.74) is 17.7. The first-order chi connectivity index (χ1) is 34.7. The smallest absolute Gasteiger partial charge is 0.0713 e. The molecule has 3 heteroatoms. The number of fused-ring (bicyclic) bond motifs is 9. The van der Waals surface area contributed by atoms with Gasteiger partial charge in [0.15, 0.2) is 0 Å². The summed E-state index contributed by atoms with van der Waals surface area (Å²) in [4.78, 5) is 2.42. The van der Waals surface area contributed by atoms with Gasteiger partial charge < -0.3 is 4.90 Å². The monoisotopic (exact) mass is 925 g/mol. The lowest BCUT2D eigenvalue weighted by atomic mass is 9.68. The van der Waals surface area contributed by atoms with Crippen LogP contribution >= 0.6 is 22.7 Å². The Balaban J connectivity index is 0.867. The van der Waals surface area contributed by atoms with Gasteiger partial charge in [-0.2, -0.15) is 0 Å². The molecule has 0 saturated heterocycles. The van der Waals surface area contributed by atoms with Gasteiger partial charge in [-0.3, -0.25) is 0 Å². The summed E-state index contributed by atoms with van der Waals surface area (Å²) in [6.45, 7) is 0. The van der Waals surface area contributed by atoms with Crippen LogP contribution in [0.4, 0.5) is 17.1 Å². The van der Waals surface area contributed by atoms with E-state index in [4.69, 9.17) is 0 Å². The Morgan fingerprint density at radius 2 is 0.643 bits per heavy atom. The highest BCUT2D eigenvalue weighted by Gasteiger charge is 2.46. The molecule has 2 heterocycles. The maximum Gasteiger partial charge on any atom is 0.0713 e. The second kappa shape index (κ2) is 16.4. The van der Waals surface area contributed by atoms with Crippen LogP contribution in [-0.4, -0.2) is 0 Å². The number of hydrogen-bond donors (Lipinski definition) is 0. The molecule has 0 radical (unpaired) electrons. The fraction of sp³-hybridized carbons (Fsp3) is 0.0149. The summed E-state index contributed by atoms with van der Waals surface area (Å²) in [6, 6.07) is 96.8. The zero-order chi connectivity index (χ0) is 46.2. The minimum Gasteiger partial charge on any atom is -0.310 e. The molecular weight excluding hydrogens is 883 g/mol. The van der Waals surface area contributed by atoms with E-state index in [1.807, 2.05) is 22.7 Å². The Labute approximate surface area is 415 Å². The average Bonchev–Trinajstić information content (AvgIpc) is 4.10. The van der Waals surface area contributed by atoms with E-state index in [2.05, 4.69) is 266 Å². The van der Waals surface area contributed by atoms with Crippen LogP contribution in [0.2, 0.25) is 0 Å². The molecule has 0 amide bonds. The zero-order valence-electron chi connectivity index (χ0n) is 38.1. The first kappa shape index (κ1) is 40.7. The Kier molecular flexibility index (Phi) is 9.55. The van der Waals surface area contributed by atoms with Gasteiger partial charge in [0, 0.05) is 57.4 Å². The van der Waals surface area contributed by atoms with Crippen LogP contribution in [0.25, 0.3) is 84.9 Å². The van der Waals surface area contributed by atoms with Gasteiger partial charge in [-0.15, -0.1) is 22.7 Å². The molecule has 0 N–H and O–H groups in total. The largest absolute Gasteiger partial charge is 0.310 e. The Morgan fingerprint density at radius 3 is 1.17 bits per heavy atom. The number of nitrogens with zero attached hydrogens (tertiary/aromatic N) is 1. The summed E-state index contributed by atoms with van der Waals surface area (Å²) in [6.07, 6.45) is 0. The molecule has 13 aromatic rings. The molecule has 1 aliphatic rings. The van der Waals surface area contributed by atoms with E-state index in [9.17, 15) is 0 Å². The molecule has 0 aliphatic heterocycles. The topological polar surface area (TPSA) is 3.24 Å². The van der Waals surface area contributed by atoms with E-state index in [0.717, 1.165) is 17.1 Å². The molecule has 0 fully saturated rings. The van der Waals surface area contributed by atoms with Crippen LogP contribution in [0.5, 0.6) is 0 Å². The van der Waals surface area contributed by atoms with Crippen LogP contribution in [0.1, 0.15) is 22.3 Å². The fourth-order valence-corrected chi connectivity index (χ4v) is 13.5. The number of benzene rings is 11. The van der Waals surface area contributed by atoms with Crippen molar-refractivity contribution in [3.8, 4) is 44.5 Å². The molecule has 0 spiro atoms.